The van der Waals surface area contributed by atoms with E-state index < -0.39 is 43.4 Å². The lowest BCUT2D eigenvalue weighted by atomic mass is 10.0. The molecule has 13 heteroatoms. The van der Waals surface area contributed by atoms with Crippen molar-refractivity contribution in [1.29, 1.82) is 0 Å². The van der Waals surface area contributed by atoms with E-state index in [9.17, 15) is 37.1 Å². The highest BCUT2D eigenvalue weighted by Gasteiger charge is 2.34. The quantitative estimate of drug-likeness (QED) is 0.326. The Labute approximate surface area is 222 Å². The molecule has 1 saturated heterocycles. The Morgan fingerprint density at radius 3 is 2.28 bits per heavy atom. The first-order valence-corrected chi connectivity index (χ1v) is 13.8. The first-order chi connectivity index (χ1) is 18.4. The summed E-state index contributed by atoms with van der Waals surface area (Å²) in [6.07, 6.45) is -5.51. The molecule has 1 aromatic heterocycles. The molecule has 9 nitrogen and oxygen atoms in total. The highest BCUT2D eigenvalue weighted by Crippen LogP contribution is 2.36. The second-order valence-corrected chi connectivity index (χ2v) is 10.7. The Hall–Kier alpha value is -3.57. The fraction of sp³-hybridized carbons (Fsp3) is 0.269. The van der Waals surface area contributed by atoms with E-state index in [0.717, 1.165) is 12.1 Å². The van der Waals surface area contributed by atoms with Gasteiger partial charge in [-0.1, -0.05) is 42.5 Å². The minimum atomic E-state index is -4.72. The van der Waals surface area contributed by atoms with Crippen molar-refractivity contribution in [2.45, 2.75) is 12.2 Å². The Kier molecular flexibility index (Phi) is 8.51. The van der Waals surface area contributed by atoms with Crippen molar-refractivity contribution in [3.05, 3.63) is 78.0 Å². The van der Waals surface area contributed by atoms with E-state index in [0.29, 0.717) is 37.3 Å². The lowest BCUT2D eigenvalue weighted by Gasteiger charge is -2.31. The highest BCUT2D eigenvalue weighted by molar-refractivity contribution is 7.51. The van der Waals surface area contributed by atoms with Crippen LogP contribution in [0.25, 0.3) is 22.4 Å². The smallest absolute Gasteiger partial charge is 0.338 e. The SMILES string of the molecule is O=C(NC(CP(=O)(O)O)C(=O)N1CCNCC1)c1cc(-c2ccccc2)cc(-c2cccc(C(F)(F)F)c2)n1. The van der Waals surface area contributed by atoms with Gasteiger partial charge < -0.3 is 25.3 Å². The maximum absolute atomic E-state index is 13.4. The van der Waals surface area contributed by atoms with Crippen LogP contribution in [0.15, 0.2) is 66.7 Å². The maximum Gasteiger partial charge on any atom is 0.416 e. The summed E-state index contributed by atoms with van der Waals surface area (Å²) in [7, 11) is -4.72. The average Bonchev–Trinajstić information content (AvgIpc) is 2.92. The van der Waals surface area contributed by atoms with Gasteiger partial charge in [0.15, 0.2) is 0 Å². The van der Waals surface area contributed by atoms with Crippen molar-refractivity contribution in [3.8, 4) is 22.4 Å². The van der Waals surface area contributed by atoms with Crippen molar-refractivity contribution in [1.82, 2.24) is 20.5 Å². The van der Waals surface area contributed by atoms with Crippen molar-refractivity contribution in [2.24, 2.45) is 0 Å². The Morgan fingerprint density at radius 2 is 1.64 bits per heavy atom. The molecule has 2 amide bonds. The van der Waals surface area contributed by atoms with Crippen LogP contribution in [0.1, 0.15) is 16.1 Å². The number of piperazine rings is 1. The molecule has 1 atom stereocenters. The van der Waals surface area contributed by atoms with Gasteiger partial charge in [0, 0.05) is 31.7 Å². The molecule has 1 aliphatic rings. The third-order valence-electron chi connectivity index (χ3n) is 6.10. The molecule has 206 valence electrons. The molecule has 0 radical (unpaired) electrons. The van der Waals surface area contributed by atoms with E-state index in [2.05, 4.69) is 15.6 Å². The van der Waals surface area contributed by atoms with E-state index in [1.54, 1.807) is 36.4 Å². The largest absolute Gasteiger partial charge is 0.416 e. The van der Waals surface area contributed by atoms with Crippen molar-refractivity contribution in [2.75, 3.05) is 32.3 Å². The molecule has 0 saturated carbocycles. The zero-order chi connectivity index (χ0) is 28.2. The first-order valence-electron chi connectivity index (χ1n) is 12.0. The molecule has 1 aliphatic heterocycles. The fourth-order valence-corrected chi connectivity index (χ4v) is 4.93. The number of nitrogens with one attached hydrogen (secondary N) is 2. The van der Waals surface area contributed by atoms with Gasteiger partial charge in [0.05, 0.1) is 17.4 Å². The van der Waals surface area contributed by atoms with Crippen LogP contribution in [0.5, 0.6) is 0 Å². The monoisotopic (exact) mass is 562 g/mol. The molecule has 2 heterocycles. The molecular weight excluding hydrogens is 536 g/mol. The molecule has 1 fully saturated rings. The van der Waals surface area contributed by atoms with Gasteiger partial charge in [-0.3, -0.25) is 14.2 Å². The number of aromatic nitrogens is 1. The summed E-state index contributed by atoms with van der Waals surface area (Å²) in [6, 6.07) is 14.7. The van der Waals surface area contributed by atoms with Crippen LogP contribution >= 0.6 is 7.60 Å². The maximum atomic E-state index is 13.4. The van der Waals surface area contributed by atoms with Gasteiger partial charge in [0.2, 0.25) is 5.91 Å². The van der Waals surface area contributed by atoms with Crippen molar-refractivity contribution < 1.29 is 37.1 Å². The van der Waals surface area contributed by atoms with E-state index in [1.165, 1.54) is 23.1 Å². The number of halogens is 3. The van der Waals surface area contributed by atoms with Crippen LogP contribution in [-0.4, -0.2) is 69.9 Å². The van der Waals surface area contributed by atoms with Crippen LogP contribution in [0.2, 0.25) is 0 Å². The molecule has 2 aromatic carbocycles. The first kappa shape index (κ1) is 28.4. The summed E-state index contributed by atoms with van der Waals surface area (Å²) < 4.78 is 51.9. The van der Waals surface area contributed by atoms with Crippen LogP contribution in [0.3, 0.4) is 0 Å². The number of carbonyl (C=O) groups is 2. The number of nitrogens with zero attached hydrogens (tertiary/aromatic N) is 2. The van der Waals surface area contributed by atoms with Crippen molar-refractivity contribution >= 4 is 19.4 Å². The second-order valence-electron chi connectivity index (χ2n) is 9.02. The molecule has 0 aliphatic carbocycles. The van der Waals surface area contributed by atoms with Gasteiger partial charge in [-0.15, -0.1) is 0 Å². The predicted molar refractivity (Wildman–Crippen MR) is 138 cm³/mol. The predicted octanol–water partition coefficient (Wildman–Crippen LogP) is 3.14. The lowest BCUT2D eigenvalue weighted by molar-refractivity contribution is -0.137. The van der Waals surface area contributed by atoms with E-state index >= 15 is 0 Å². The van der Waals surface area contributed by atoms with Crippen LogP contribution in [0.4, 0.5) is 13.2 Å². The Balaban J connectivity index is 1.73. The van der Waals surface area contributed by atoms with Crippen LogP contribution in [0, 0.1) is 0 Å². The van der Waals surface area contributed by atoms with Gasteiger partial charge in [-0.05, 0) is 35.4 Å². The molecule has 3 aromatic rings. The molecule has 1 unspecified atom stereocenters. The minimum absolute atomic E-state index is 0.0765. The molecule has 0 spiro atoms. The van der Waals surface area contributed by atoms with E-state index in [1.807, 2.05) is 0 Å². The second kappa shape index (κ2) is 11.7. The number of pyridine rings is 1. The van der Waals surface area contributed by atoms with Gasteiger partial charge in [0.1, 0.15) is 11.7 Å². The zero-order valence-corrected chi connectivity index (χ0v) is 21.5. The summed E-state index contributed by atoms with van der Waals surface area (Å²) in [5.74, 6) is -1.55. The zero-order valence-electron chi connectivity index (χ0n) is 20.6. The van der Waals surface area contributed by atoms with E-state index in [4.69, 9.17) is 0 Å². The van der Waals surface area contributed by atoms with E-state index in [-0.39, 0.29) is 17.0 Å². The van der Waals surface area contributed by atoms with Crippen LogP contribution in [-0.2, 0) is 15.5 Å². The number of hydrogen-bond donors (Lipinski definition) is 4. The van der Waals surface area contributed by atoms with Gasteiger partial charge in [-0.2, -0.15) is 13.2 Å². The number of carbonyl (C=O) groups excluding carboxylic acids is 2. The average molecular weight is 562 g/mol. The Bertz CT molecular complexity index is 1390. The molecular formula is C26H26F3N4O5P. The van der Waals surface area contributed by atoms with Crippen molar-refractivity contribution in [3.63, 3.8) is 0 Å². The number of alkyl halides is 3. The third kappa shape index (κ3) is 7.51. The van der Waals surface area contributed by atoms with Gasteiger partial charge >= 0.3 is 13.8 Å². The topological polar surface area (TPSA) is 132 Å². The number of benzene rings is 2. The normalized spacial score (nSPS) is 15.1. The third-order valence-corrected chi connectivity index (χ3v) is 6.94. The number of hydrogen-bond acceptors (Lipinski definition) is 5. The summed E-state index contributed by atoms with van der Waals surface area (Å²) in [5.41, 5.74) is 0.204. The molecule has 4 N–H and O–H groups in total. The standard InChI is InChI=1S/C26H26F3N4O5P/c27-26(28,29)20-8-4-7-18(13-20)21-14-19(17-5-2-1-3-6-17)15-22(31-21)24(34)32-23(16-39(36,37)38)25(35)33-11-9-30-10-12-33/h1-8,13-15,23,30H,9-12,16H2,(H,32,34)(H2,36,37,38). The van der Waals surface area contributed by atoms with Crippen LogP contribution < -0.4 is 10.6 Å². The number of rotatable bonds is 7. The summed E-state index contributed by atoms with van der Waals surface area (Å²) in [6.45, 7) is 1.58. The summed E-state index contributed by atoms with van der Waals surface area (Å²) in [5, 5.41) is 5.46. The summed E-state index contributed by atoms with van der Waals surface area (Å²) >= 11 is 0. The summed E-state index contributed by atoms with van der Waals surface area (Å²) in [4.78, 5) is 51.2. The number of amides is 2. The van der Waals surface area contributed by atoms with Gasteiger partial charge in [0.25, 0.3) is 5.91 Å². The molecule has 0 bridgehead atoms. The lowest BCUT2D eigenvalue weighted by Crippen LogP contribution is -2.55. The highest BCUT2D eigenvalue weighted by atomic mass is 31.2. The molecule has 4 rings (SSSR count). The fourth-order valence-electron chi connectivity index (χ4n) is 4.21. The Morgan fingerprint density at radius 1 is 0.974 bits per heavy atom. The minimum Gasteiger partial charge on any atom is -0.338 e. The van der Waals surface area contributed by atoms with Gasteiger partial charge in [-0.25, -0.2) is 4.98 Å². The molecule has 39 heavy (non-hydrogen) atoms.